The van der Waals surface area contributed by atoms with Gasteiger partial charge < -0.3 is 5.32 Å². The molecule has 0 atom stereocenters. The topological polar surface area (TPSA) is 50.7 Å². The fourth-order valence-corrected chi connectivity index (χ4v) is 2.62. The van der Waals surface area contributed by atoms with Gasteiger partial charge in [0.25, 0.3) is 0 Å². The average Bonchev–Trinajstić information content (AvgIpc) is 2.94. The lowest BCUT2D eigenvalue weighted by Crippen LogP contribution is -2.10. The molecule has 0 aliphatic heterocycles. The predicted molar refractivity (Wildman–Crippen MR) is 79.9 cm³/mol. The number of aryl methyl sites for hydroxylation is 1. The van der Waals surface area contributed by atoms with E-state index in [4.69, 9.17) is 9.97 Å². The Labute approximate surface area is 119 Å². The van der Waals surface area contributed by atoms with E-state index in [9.17, 15) is 0 Å². The van der Waals surface area contributed by atoms with Crippen LogP contribution in [0.2, 0.25) is 0 Å². The number of nitrogens with zero attached hydrogens (tertiary/aromatic N) is 3. The summed E-state index contributed by atoms with van der Waals surface area (Å²) in [6.45, 7) is 3.13. The summed E-state index contributed by atoms with van der Waals surface area (Å²) < 4.78 is 0. The van der Waals surface area contributed by atoms with Gasteiger partial charge >= 0.3 is 0 Å². The second-order valence-corrected chi connectivity index (χ2v) is 5.19. The Balaban J connectivity index is 1.88. The van der Waals surface area contributed by atoms with Gasteiger partial charge in [-0.2, -0.15) is 0 Å². The molecule has 2 aromatic rings. The van der Waals surface area contributed by atoms with Crippen LogP contribution in [-0.4, -0.2) is 21.5 Å². The monoisotopic (exact) mass is 268 g/mol. The van der Waals surface area contributed by atoms with E-state index in [2.05, 4.69) is 17.2 Å². The van der Waals surface area contributed by atoms with E-state index in [1.54, 1.807) is 0 Å². The number of anilines is 1. The van der Waals surface area contributed by atoms with Gasteiger partial charge in [0.2, 0.25) is 0 Å². The normalized spacial score (nSPS) is 13.2. The van der Waals surface area contributed by atoms with Crippen LogP contribution in [0, 0.1) is 0 Å². The number of fused-ring (bicyclic) bond motifs is 1. The van der Waals surface area contributed by atoms with Crippen LogP contribution in [0.1, 0.15) is 42.5 Å². The van der Waals surface area contributed by atoms with E-state index in [1.807, 2.05) is 24.4 Å². The van der Waals surface area contributed by atoms with Crippen molar-refractivity contribution in [2.75, 3.05) is 11.9 Å². The molecule has 1 aliphatic rings. The maximum absolute atomic E-state index is 4.73. The molecule has 2 aromatic heterocycles. The van der Waals surface area contributed by atoms with Crippen LogP contribution in [0.25, 0.3) is 0 Å². The van der Waals surface area contributed by atoms with Crippen molar-refractivity contribution in [3.05, 3.63) is 47.2 Å². The fourth-order valence-electron chi connectivity index (χ4n) is 2.62. The van der Waals surface area contributed by atoms with Crippen molar-refractivity contribution in [1.82, 2.24) is 15.0 Å². The molecule has 0 unspecified atom stereocenters. The Kier molecular flexibility index (Phi) is 3.90. The summed E-state index contributed by atoms with van der Waals surface area (Å²) in [7, 11) is 0. The van der Waals surface area contributed by atoms with Crippen molar-refractivity contribution in [2.24, 2.45) is 0 Å². The molecule has 0 radical (unpaired) electrons. The molecular formula is C16H20N4. The lowest BCUT2D eigenvalue weighted by molar-refractivity contribution is 0.876. The Morgan fingerprint density at radius 2 is 2.15 bits per heavy atom. The number of pyridine rings is 1. The third-order valence-electron chi connectivity index (χ3n) is 3.59. The van der Waals surface area contributed by atoms with Crippen LogP contribution in [-0.2, 0) is 19.3 Å². The SMILES string of the molecule is CCCNc1nc(Cc2ccccn2)nc2c1CCC2. The fraction of sp³-hybridized carbons (Fsp3) is 0.438. The van der Waals surface area contributed by atoms with Gasteiger partial charge in [-0.1, -0.05) is 13.0 Å². The number of nitrogens with one attached hydrogen (secondary N) is 1. The zero-order valence-electron chi connectivity index (χ0n) is 11.9. The summed E-state index contributed by atoms with van der Waals surface area (Å²) in [4.78, 5) is 13.8. The molecule has 0 bridgehead atoms. The molecule has 1 aliphatic carbocycles. The first kappa shape index (κ1) is 13.0. The van der Waals surface area contributed by atoms with Crippen molar-refractivity contribution < 1.29 is 0 Å². The van der Waals surface area contributed by atoms with Crippen molar-refractivity contribution in [2.45, 2.75) is 39.0 Å². The first-order valence-corrected chi connectivity index (χ1v) is 7.39. The maximum atomic E-state index is 4.73. The van der Waals surface area contributed by atoms with E-state index in [0.717, 1.165) is 43.1 Å². The van der Waals surface area contributed by atoms with Gasteiger partial charge in [-0.25, -0.2) is 9.97 Å². The largest absolute Gasteiger partial charge is 0.370 e. The molecule has 0 saturated heterocycles. The zero-order valence-corrected chi connectivity index (χ0v) is 11.9. The summed E-state index contributed by atoms with van der Waals surface area (Å²) >= 11 is 0. The Morgan fingerprint density at radius 3 is 2.95 bits per heavy atom. The first-order chi connectivity index (χ1) is 9.86. The molecule has 4 heteroatoms. The molecule has 0 spiro atoms. The average molecular weight is 268 g/mol. The Morgan fingerprint density at radius 1 is 1.20 bits per heavy atom. The summed E-state index contributed by atoms with van der Waals surface area (Å²) in [5.74, 6) is 1.92. The third-order valence-corrected chi connectivity index (χ3v) is 3.59. The molecule has 0 fully saturated rings. The smallest absolute Gasteiger partial charge is 0.136 e. The quantitative estimate of drug-likeness (QED) is 0.906. The van der Waals surface area contributed by atoms with Gasteiger partial charge in [-0.3, -0.25) is 4.98 Å². The van der Waals surface area contributed by atoms with Gasteiger partial charge in [0, 0.05) is 29.7 Å². The molecule has 2 heterocycles. The lowest BCUT2D eigenvalue weighted by Gasteiger charge is -2.11. The molecule has 104 valence electrons. The molecule has 0 aromatic carbocycles. The third kappa shape index (κ3) is 2.79. The Hall–Kier alpha value is -1.97. The van der Waals surface area contributed by atoms with Gasteiger partial charge in [0.15, 0.2) is 0 Å². The number of rotatable bonds is 5. The van der Waals surface area contributed by atoms with Crippen LogP contribution in [0.5, 0.6) is 0 Å². The Bertz CT molecular complexity index is 581. The van der Waals surface area contributed by atoms with Crippen LogP contribution < -0.4 is 5.32 Å². The highest BCUT2D eigenvalue weighted by Gasteiger charge is 2.19. The van der Waals surface area contributed by atoms with Crippen molar-refractivity contribution >= 4 is 5.82 Å². The summed E-state index contributed by atoms with van der Waals surface area (Å²) in [5.41, 5.74) is 3.57. The van der Waals surface area contributed by atoms with Crippen molar-refractivity contribution in [3.63, 3.8) is 0 Å². The van der Waals surface area contributed by atoms with E-state index < -0.39 is 0 Å². The highest BCUT2D eigenvalue weighted by atomic mass is 15.0. The second-order valence-electron chi connectivity index (χ2n) is 5.19. The van der Waals surface area contributed by atoms with Crippen LogP contribution in [0.4, 0.5) is 5.82 Å². The van der Waals surface area contributed by atoms with Crippen molar-refractivity contribution in [1.29, 1.82) is 0 Å². The molecule has 4 nitrogen and oxygen atoms in total. The van der Waals surface area contributed by atoms with E-state index in [1.165, 1.54) is 17.7 Å². The molecule has 0 saturated carbocycles. The van der Waals surface area contributed by atoms with Crippen LogP contribution in [0.3, 0.4) is 0 Å². The minimum absolute atomic E-state index is 0.703. The first-order valence-electron chi connectivity index (χ1n) is 7.39. The minimum atomic E-state index is 0.703. The van der Waals surface area contributed by atoms with Crippen LogP contribution >= 0.6 is 0 Å². The summed E-state index contributed by atoms with van der Waals surface area (Å²) in [6, 6.07) is 5.96. The lowest BCUT2D eigenvalue weighted by atomic mass is 10.2. The van der Waals surface area contributed by atoms with E-state index >= 15 is 0 Å². The maximum Gasteiger partial charge on any atom is 0.136 e. The second kappa shape index (κ2) is 5.99. The van der Waals surface area contributed by atoms with E-state index in [-0.39, 0.29) is 0 Å². The van der Waals surface area contributed by atoms with Gasteiger partial charge in [-0.05, 0) is 37.8 Å². The summed E-state index contributed by atoms with van der Waals surface area (Å²) in [6.07, 6.45) is 7.00. The zero-order chi connectivity index (χ0) is 13.8. The number of aromatic nitrogens is 3. The van der Waals surface area contributed by atoms with E-state index in [0.29, 0.717) is 6.42 Å². The number of hydrogen-bond acceptors (Lipinski definition) is 4. The van der Waals surface area contributed by atoms with Gasteiger partial charge in [0.05, 0.1) is 6.42 Å². The van der Waals surface area contributed by atoms with Crippen molar-refractivity contribution in [3.8, 4) is 0 Å². The molecule has 0 amide bonds. The van der Waals surface area contributed by atoms with Crippen LogP contribution in [0.15, 0.2) is 24.4 Å². The van der Waals surface area contributed by atoms with Gasteiger partial charge in [-0.15, -0.1) is 0 Å². The summed E-state index contributed by atoms with van der Waals surface area (Å²) in [5, 5.41) is 3.45. The molecule has 20 heavy (non-hydrogen) atoms. The minimum Gasteiger partial charge on any atom is -0.370 e. The van der Waals surface area contributed by atoms with Gasteiger partial charge in [0.1, 0.15) is 11.6 Å². The molecule has 1 N–H and O–H groups in total. The molecular weight excluding hydrogens is 248 g/mol. The molecule has 3 rings (SSSR count). The standard InChI is InChI=1S/C16H20N4/c1-2-9-18-16-13-7-5-8-14(13)19-15(20-16)11-12-6-3-4-10-17-12/h3-4,6,10H,2,5,7-9,11H2,1H3,(H,18,19,20). The predicted octanol–water partition coefficient (Wildman–Crippen LogP) is 2.77. The highest BCUT2D eigenvalue weighted by molar-refractivity contribution is 5.49. The highest BCUT2D eigenvalue weighted by Crippen LogP contribution is 2.26. The number of hydrogen-bond donors (Lipinski definition) is 1.